The van der Waals surface area contributed by atoms with Gasteiger partial charge in [-0.15, -0.1) is 0 Å². The van der Waals surface area contributed by atoms with Crippen molar-refractivity contribution in [3.8, 4) is 11.5 Å². The van der Waals surface area contributed by atoms with Crippen LogP contribution in [0.2, 0.25) is 0 Å². The van der Waals surface area contributed by atoms with E-state index in [4.69, 9.17) is 14.5 Å². The van der Waals surface area contributed by atoms with Crippen LogP contribution in [-0.4, -0.2) is 48.8 Å². The van der Waals surface area contributed by atoms with E-state index < -0.39 is 0 Å². The summed E-state index contributed by atoms with van der Waals surface area (Å²) >= 11 is 5.20. The number of aromatic nitrogens is 1. The molecule has 0 radical (unpaired) electrons. The van der Waals surface area contributed by atoms with Crippen LogP contribution in [0.5, 0.6) is 11.5 Å². The van der Waals surface area contributed by atoms with Gasteiger partial charge in [-0.2, -0.15) is 0 Å². The highest BCUT2D eigenvalue weighted by Gasteiger charge is 2.22. The lowest BCUT2D eigenvalue weighted by molar-refractivity contribution is -0.126. The molecule has 0 atom stereocenters. The number of piperazine rings is 1. The van der Waals surface area contributed by atoms with E-state index in [9.17, 15) is 4.79 Å². The van der Waals surface area contributed by atoms with Crippen molar-refractivity contribution in [3.05, 3.63) is 52.5 Å². The summed E-state index contributed by atoms with van der Waals surface area (Å²) in [4.78, 5) is 21.4. The zero-order chi connectivity index (χ0) is 19.8. The number of fused-ring (bicyclic) bond motifs is 2. The smallest absolute Gasteiger partial charge is 0.246 e. The number of hydrogen-bond acceptors (Lipinski definition) is 6. The van der Waals surface area contributed by atoms with Gasteiger partial charge in [0, 0.05) is 36.7 Å². The molecule has 0 bridgehead atoms. The number of amides is 1. The average molecular weight is 472 g/mol. The maximum atomic E-state index is 12.6. The van der Waals surface area contributed by atoms with Gasteiger partial charge in [-0.05, 0) is 42.0 Å². The third kappa shape index (κ3) is 3.82. The molecule has 2 aliphatic heterocycles. The van der Waals surface area contributed by atoms with Crippen LogP contribution in [0, 0.1) is 0 Å². The minimum atomic E-state index is 0.0237. The Labute approximate surface area is 180 Å². The predicted molar refractivity (Wildman–Crippen MR) is 118 cm³/mol. The Morgan fingerprint density at radius 3 is 2.76 bits per heavy atom. The number of rotatable bonds is 3. The molecule has 8 heteroatoms. The SMILES string of the molecule is O=C(/C=C\c1ccc2c(c1)OCO2)N1CCN(c2nc3ccc(Br)cc3s2)CC1. The molecular formula is C21H18BrN3O3S. The Hall–Kier alpha value is -2.58. The largest absolute Gasteiger partial charge is 0.454 e. The number of hydrogen-bond donors (Lipinski definition) is 0. The van der Waals surface area contributed by atoms with Crippen molar-refractivity contribution < 1.29 is 14.3 Å². The molecule has 1 amide bonds. The molecule has 3 aromatic rings. The number of benzene rings is 2. The number of nitrogens with zero attached hydrogens (tertiary/aromatic N) is 3. The van der Waals surface area contributed by atoms with Crippen LogP contribution >= 0.6 is 27.3 Å². The fourth-order valence-corrected chi connectivity index (χ4v) is 5.00. The first kappa shape index (κ1) is 18.4. The Bertz CT molecular complexity index is 1110. The quantitative estimate of drug-likeness (QED) is 0.537. The van der Waals surface area contributed by atoms with Gasteiger partial charge >= 0.3 is 0 Å². The molecule has 6 nitrogen and oxygen atoms in total. The van der Waals surface area contributed by atoms with E-state index in [0.717, 1.165) is 45.3 Å². The number of carbonyl (C=O) groups excluding carboxylic acids is 1. The third-order valence-corrected chi connectivity index (χ3v) is 6.59. The third-order valence-electron chi connectivity index (χ3n) is 5.02. The van der Waals surface area contributed by atoms with E-state index in [1.54, 1.807) is 17.4 Å². The molecule has 0 spiro atoms. The van der Waals surface area contributed by atoms with Crippen molar-refractivity contribution in [2.45, 2.75) is 0 Å². The zero-order valence-corrected chi connectivity index (χ0v) is 17.9. The first-order chi connectivity index (χ1) is 14.2. The van der Waals surface area contributed by atoms with Gasteiger partial charge in [-0.25, -0.2) is 4.98 Å². The van der Waals surface area contributed by atoms with Gasteiger partial charge in [0.05, 0.1) is 10.2 Å². The van der Waals surface area contributed by atoms with Crippen LogP contribution in [0.4, 0.5) is 5.13 Å². The summed E-state index contributed by atoms with van der Waals surface area (Å²) in [5, 5.41) is 1.01. The Morgan fingerprint density at radius 1 is 1.07 bits per heavy atom. The molecule has 0 saturated carbocycles. The molecule has 5 rings (SSSR count). The number of halogens is 1. The van der Waals surface area contributed by atoms with Crippen LogP contribution in [0.15, 0.2) is 46.9 Å². The van der Waals surface area contributed by atoms with Gasteiger partial charge in [-0.3, -0.25) is 4.79 Å². The second kappa shape index (κ2) is 7.68. The molecule has 1 fully saturated rings. The summed E-state index contributed by atoms with van der Waals surface area (Å²) < 4.78 is 12.9. The van der Waals surface area contributed by atoms with E-state index in [1.165, 1.54) is 4.70 Å². The van der Waals surface area contributed by atoms with E-state index >= 15 is 0 Å². The summed E-state index contributed by atoms with van der Waals surface area (Å²) in [6.07, 6.45) is 3.45. The van der Waals surface area contributed by atoms with Crippen LogP contribution in [0.3, 0.4) is 0 Å². The van der Waals surface area contributed by atoms with Crippen molar-refractivity contribution in [1.29, 1.82) is 0 Å². The minimum Gasteiger partial charge on any atom is -0.454 e. The monoisotopic (exact) mass is 471 g/mol. The van der Waals surface area contributed by atoms with Crippen molar-refractivity contribution in [1.82, 2.24) is 9.88 Å². The van der Waals surface area contributed by atoms with E-state index in [2.05, 4.69) is 26.9 Å². The second-order valence-electron chi connectivity index (χ2n) is 6.87. The van der Waals surface area contributed by atoms with E-state index in [0.29, 0.717) is 13.1 Å². The Balaban J connectivity index is 1.21. The number of carbonyl (C=O) groups is 1. The lowest BCUT2D eigenvalue weighted by Gasteiger charge is -2.34. The van der Waals surface area contributed by atoms with Gasteiger partial charge in [0.15, 0.2) is 16.6 Å². The highest BCUT2D eigenvalue weighted by Crippen LogP contribution is 2.33. The van der Waals surface area contributed by atoms with Crippen molar-refractivity contribution in [2.75, 3.05) is 37.9 Å². The number of thiazole rings is 1. The summed E-state index contributed by atoms with van der Waals surface area (Å²) in [6, 6.07) is 11.8. The molecule has 3 heterocycles. The lowest BCUT2D eigenvalue weighted by Crippen LogP contribution is -2.48. The second-order valence-corrected chi connectivity index (χ2v) is 8.79. The normalized spacial score (nSPS) is 16.2. The van der Waals surface area contributed by atoms with Crippen LogP contribution in [0.1, 0.15) is 5.56 Å². The van der Waals surface area contributed by atoms with Gasteiger partial charge in [0.25, 0.3) is 0 Å². The molecule has 2 aromatic carbocycles. The molecule has 0 N–H and O–H groups in total. The summed E-state index contributed by atoms with van der Waals surface area (Å²) in [6.45, 7) is 3.18. The topological polar surface area (TPSA) is 54.9 Å². The highest BCUT2D eigenvalue weighted by molar-refractivity contribution is 9.10. The summed E-state index contributed by atoms with van der Waals surface area (Å²) in [5.41, 5.74) is 1.93. The Kier molecular flexibility index (Phi) is 4.89. The summed E-state index contributed by atoms with van der Waals surface area (Å²) in [5.74, 6) is 1.48. The van der Waals surface area contributed by atoms with E-state index in [1.807, 2.05) is 41.3 Å². The predicted octanol–water partition coefficient (Wildman–Crippen LogP) is 4.15. The molecular weight excluding hydrogens is 454 g/mol. The lowest BCUT2D eigenvalue weighted by atomic mass is 10.2. The van der Waals surface area contributed by atoms with Crippen molar-refractivity contribution in [2.24, 2.45) is 0 Å². The molecule has 0 unspecified atom stereocenters. The molecule has 1 saturated heterocycles. The van der Waals surface area contributed by atoms with Gasteiger partial charge in [-0.1, -0.05) is 33.3 Å². The highest BCUT2D eigenvalue weighted by atomic mass is 79.9. The number of ether oxygens (including phenoxy) is 2. The zero-order valence-electron chi connectivity index (χ0n) is 15.5. The number of anilines is 1. The van der Waals surface area contributed by atoms with Crippen LogP contribution in [0.25, 0.3) is 16.3 Å². The maximum Gasteiger partial charge on any atom is 0.246 e. The van der Waals surface area contributed by atoms with E-state index in [-0.39, 0.29) is 12.7 Å². The maximum absolute atomic E-state index is 12.6. The van der Waals surface area contributed by atoms with Crippen molar-refractivity contribution in [3.63, 3.8) is 0 Å². The molecule has 29 heavy (non-hydrogen) atoms. The molecule has 2 aliphatic rings. The minimum absolute atomic E-state index is 0.0237. The van der Waals surface area contributed by atoms with Crippen LogP contribution < -0.4 is 14.4 Å². The van der Waals surface area contributed by atoms with Gasteiger partial charge < -0.3 is 19.3 Å². The van der Waals surface area contributed by atoms with Gasteiger partial charge in [0.2, 0.25) is 12.7 Å². The van der Waals surface area contributed by atoms with Crippen molar-refractivity contribution >= 4 is 54.6 Å². The fraction of sp³-hybridized carbons (Fsp3) is 0.238. The van der Waals surface area contributed by atoms with Gasteiger partial charge in [0.1, 0.15) is 0 Å². The first-order valence-corrected chi connectivity index (χ1v) is 10.9. The Morgan fingerprint density at radius 2 is 1.90 bits per heavy atom. The summed E-state index contributed by atoms with van der Waals surface area (Å²) in [7, 11) is 0. The van der Waals surface area contributed by atoms with Crippen LogP contribution in [-0.2, 0) is 4.79 Å². The average Bonchev–Trinajstić information content (AvgIpc) is 3.38. The first-order valence-electron chi connectivity index (χ1n) is 9.33. The molecule has 148 valence electrons. The fourth-order valence-electron chi connectivity index (χ4n) is 3.43. The molecule has 1 aromatic heterocycles. The standard InChI is InChI=1S/C21H18BrN3O3S/c22-15-3-4-16-19(12-15)29-21(23-16)25-9-7-24(8-10-25)20(26)6-2-14-1-5-17-18(11-14)28-13-27-17/h1-6,11-12H,7-10,13H2/b6-2-. The molecule has 0 aliphatic carbocycles.